The van der Waals surface area contributed by atoms with E-state index in [1.54, 1.807) is 23.5 Å². The van der Waals surface area contributed by atoms with Gasteiger partial charge in [0.2, 0.25) is 10.0 Å². The SMILES string of the molecule is CN(CCc1cccs1)S(=O)(=O)c1cccc(CC(=O)O)c1. The predicted octanol–water partition coefficient (Wildman–Crippen LogP) is 2.24. The number of likely N-dealkylation sites (N-methyl/N-ethyl adjacent to an activating group) is 1. The second-order valence-electron chi connectivity index (χ2n) is 4.87. The number of benzene rings is 1. The molecule has 0 atom stereocenters. The van der Waals surface area contributed by atoms with Gasteiger partial charge >= 0.3 is 5.97 Å². The fourth-order valence-corrected chi connectivity index (χ4v) is 3.95. The van der Waals surface area contributed by atoms with Crippen LogP contribution >= 0.6 is 11.3 Å². The highest BCUT2D eigenvalue weighted by Crippen LogP contribution is 2.18. The number of thiophene rings is 1. The van der Waals surface area contributed by atoms with E-state index in [0.717, 1.165) is 4.88 Å². The fourth-order valence-electron chi connectivity index (χ4n) is 2.01. The van der Waals surface area contributed by atoms with Crippen molar-refractivity contribution in [2.45, 2.75) is 17.7 Å². The molecule has 7 heteroatoms. The number of carboxylic acid groups (broad SMARTS) is 1. The van der Waals surface area contributed by atoms with Crippen LogP contribution in [0.4, 0.5) is 0 Å². The quantitative estimate of drug-likeness (QED) is 0.839. The minimum atomic E-state index is -3.61. The van der Waals surface area contributed by atoms with Crippen molar-refractivity contribution in [3.8, 4) is 0 Å². The normalized spacial score (nSPS) is 11.7. The molecule has 0 radical (unpaired) electrons. The molecule has 0 aliphatic rings. The van der Waals surface area contributed by atoms with Crippen LogP contribution in [0, 0.1) is 0 Å². The molecule has 1 aromatic carbocycles. The van der Waals surface area contributed by atoms with Gasteiger partial charge in [0, 0.05) is 18.5 Å². The summed E-state index contributed by atoms with van der Waals surface area (Å²) in [6.07, 6.45) is 0.463. The smallest absolute Gasteiger partial charge is 0.307 e. The first kappa shape index (κ1) is 16.7. The van der Waals surface area contributed by atoms with Crippen molar-refractivity contribution >= 4 is 27.3 Å². The van der Waals surface area contributed by atoms with E-state index >= 15 is 0 Å². The van der Waals surface area contributed by atoms with Crippen LogP contribution in [0.5, 0.6) is 0 Å². The molecular formula is C15H17NO4S2. The van der Waals surface area contributed by atoms with Crippen LogP contribution in [0.15, 0.2) is 46.7 Å². The third kappa shape index (κ3) is 4.16. The zero-order chi connectivity index (χ0) is 16.2. The third-order valence-electron chi connectivity index (χ3n) is 3.22. The van der Waals surface area contributed by atoms with E-state index in [1.807, 2.05) is 17.5 Å². The summed E-state index contributed by atoms with van der Waals surface area (Å²) < 4.78 is 26.3. The standard InChI is InChI=1S/C15H17NO4S2/c1-16(8-7-13-5-3-9-21-13)22(19,20)14-6-2-4-12(10-14)11-15(17)18/h2-6,9-10H,7-8,11H2,1H3,(H,17,18). The lowest BCUT2D eigenvalue weighted by Crippen LogP contribution is -2.29. The zero-order valence-electron chi connectivity index (χ0n) is 12.1. The van der Waals surface area contributed by atoms with Gasteiger partial charge in [0.15, 0.2) is 0 Å². The Morgan fingerprint density at radius 2 is 2.05 bits per heavy atom. The average molecular weight is 339 g/mol. The minimum absolute atomic E-state index is 0.125. The Morgan fingerprint density at radius 3 is 2.68 bits per heavy atom. The van der Waals surface area contributed by atoms with Crippen molar-refractivity contribution in [2.75, 3.05) is 13.6 Å². The monoisotopic (exact) mass is 339 g/mol. The lowest BCUT2D eigenvalue weighted by Gasteiger charge is -2.17. The van der Waals surface area contributed by atoms with E-state index in [-0.39, 0.29) is 11.3 Å². The second-order valence-corrected chi connectivity index (χ2v) is 7.95. The molecule has 0 amide bonds. The van der Waals surface area contributed by atoms with Crippen LogP contribution < -0.4 is 0 Å². The number of carbonyl (C=O) groups is 1. The predicted molar refractivity (Wildman–Crippen MR) is 85.6 cm³/mol. The van der Waals surface area contributed by atoms with Crippen LogP contribution in [-0.4, -0.2) is 37.4 Å². The van der Waals surface area contributed by atoms with E-state index in [4.69, 9.17) is 5.11 Å². The Labute approximate surface area is 133 Å². The molecule has 0 spiro atoms. The van der Waals surface area contributed by atoms with Gasteiger partial charge < -0.3 is 5.11 Å². The van der Waals surface area contributed by atoms with Gasteiger partial charge in [-0.2, -0.15) is 0 Å². The number of hydrogen-bond donors (Lipinski definition) is 1. The number of sulfonamides is 1. The summed E-state index contributed by atoms with van der Waals surface area (Å²) in [7, 11) is -2.07. The van der Waals surface area contributed by atoms with Crippen LogP contribution in [-0.2, 0) is 27.7 Å². The van der Waals surface area contributed by atoms with Gasteiger partial charge in [-0.05, 0) is 35.6 Å². The molecular weight excluding hydrogens is 322 g/mol. The Kier molecular flexibility index (Phi) is 5.33. The molecule has 0 saturated heterocycles. The minimum Gasteiger partial charge on any atom is -0.481 e. The number of hydrogen-bond acceptors (Lipinski definition) is 4. The Hall–Kier alpha value is -1.70. The zero-order valence-corrected chi connectivity index (χ0v) is 13.7. The Bertz CT molecular complexity index is 739. The van der Waals surface area contributed by atoms with E-state index in [1.165, 1.54) is 23.5 Å². The molecule has 22 heavy (non-hydrogen) atoms. The molecule has 0 aliphatic heterocycles. The van der Waals surface area contributed by atoms with Gasteiger partial charge in [-0.15, -0.1) is 11.3 Å². The van der Waals surface area contributed by atoms with Gasteiger partial charge in [-0.25, -0.2) is 12.7 Å². The maximum absolute atomic E-state index is 12.5. The Balaban J connectivity index is 2.13. The summed E-state index contributed by atoms with van der Waals surface area (Å²) in [5.74, 6) is -0.986. The summed E-state index contributed by atoms with van der Waals surface area (Å²) in [5.41, 5.74) is 0.472. The number of rotatable bonds is 7. The van der Waals surface area contributed by atoms with E-state index in [9.17, 15) is 13.2 Å². The van der Waals surface area contributed by atoms with Crippen molar-refractivity contribution < 1.29 is 18.3 Å². The van der Waals surface area contributed by atoms with Crippen molar-refractivity contribution in [1.82, 2.24) is 4.31 Å². The van der Waals surface area contributed by atoms with Gasteiger partial charge in [-0.3, -0.25) is 4.79 Å². The fraction of sp³-hybridized carbons (Fsp3) is 0.267. The molecule has 0 saturated carbocycles. The molecule has 1 heterocycles. The van der Waals surface area contributed by atoms with Gasteiger partial charge in [0.05, 0.1) is 11.3 Å². The number of carboxylic acids is 1. The molecule has 2 rings (SSSR count). The van der Waals surface area contributed by atoms with Crippen molar-refractivity contribution in [2.24, 2.45) is 0 Å². The summed E-state index contributed by atoms with van der Waals surface area (Å²) >= 11 is 1.59. The molecule has 0 fully saturated rings. The molecule has 0 unspecified atom stereocenters. The maximum atomic E-state index is 12.5. The lowest BCUT2D eigenvalue weighted by molar-refractivity contribution is -0.136. The summed E-state index contributed by atoms with van der Waals surface area (Å²) in [4.78, 5) is 12.0. The molecule has 2 aromatic rings. The van der Waals surface area contributed by atoms with Crippen LogP contribution in [0.2, 0.25) is 0 Å². The molecule has 118 valence electrons. The largest absolute Gasteiger partial charge is 0.481 e. The summed E-state index contributed by atoms with van der Waals surface area (Å²) in [6, 6.07) is 9.99. The molecule has 1 aromatic heterocycles. The van der Waals surface area contributed by atoms with Gasteiger partial charge in [-0.1, -0.05) is 18.2 Å². The molecule has 5 nitrogen and oxygen atoms in total. The first-order valence-electron chi connectivity index (χ1n) is 6.69. The number of aliphatic carboxylic acids is 1. The van der Waals surface area contributed by atoms with Crippen LogP contribution in [0.25, 0.3) is 0 Å². The van der Waals surface area contributed by atoms with E-state index in [0.29, 0.717) is 18.5 Å². The molecule has 0 bridgehead atoms. The Morgan fingerprint density at radius 1 is 1.27 bits per heavy atom. The first-order chi connectivity index (χ1) is 10.4. The number of nitrogens with zero attached hydrogens (tertiary/aromatic N) is 1. The molecule has 0 aliphatic carbocycles. The highest BCUT2D eigenvalue weighted by Gasteiger charge is 2.21. The van der Waals surface area contributed by atoms with Gasteiger partial charge in [0.25, 0.3) is 0 Å². The van der Waals surface area contributed by atoms with Gasteiger partial charge in [0.1, 0.15) is 0 Å². The second kappa shape index (κ2) is 7.04. The van der Waals surface area contributed by atoms with Crippen LogP contribution in [0.1, 0.15) is 10.4 Å². The summed E-state index contributed by atoms with van der Waals surface area (Å²) in [5, 5.41) is 10.8. The van der Waals surface area contributed by atoms with E-state index < -0.39 is 16.0 Å². The first-order valence-corrected chi connectivity index (χ1v) is 9.01. The van der Waals surface area contributed by atoms with Crippen LogP contribution in [0.3, 0.4) is 0 Å². The third-order valence-corrected chi connectivity index (χ3v) is 6.00. The topological polar surface area (TPSA) is 74.7 Å². The summed E-state index contributed by atoms with van der Waals surface area (Å²) in [6.45, 7) is 0.381. The molecule has 1 N–H and O–H groups in total. The maximum Gasteiger partial charge on any atom is 0.307 e. The highest BCUT2D eigenvalue weighted by molar-refractivity contribution is 7.89. The van der Waals surface area contributed by atoms with E-state index in [2.05, 4.69) is 0 Å². The lowest BCUT2D eigenvalue weighted by atomic mass is 10.2. The average Bonchev–Trinajstić information content (AvgIpc) is 2.97. The highest BCUT2D eigenvalue weighted by atomic mass is 32.2. The van der Waals surface area contributed by atoms with Crippen molar-refractivity contribution in [3.63, 3.8) is 0 Å². The van der Waals surface area contributed by atoms with Crippen molar-refractivity contribution in [3.05, 3.63) is 52.2 Å². The van der Waals surface area contributed by atoms with Crippen molar-refractivity contribution in [1.29, 1.82) is 0 Å².